The van der Waals surface area contributed by atoms with Gasteiger partial charge in [-0.25, -0.2) is 0 Å². The van der Waals surface area contributed by atoms with Gasteiger partial charge in [0.05, 0.1) is 24.0 Å². The van der Waals surface area contributed by atoms with Gasteiger partial charge < -0.3 is 10.6 Å². The Labute approximate surface area is 198 Å². The van der Waals surface area contributed by atoms with Gasteiger partial charge in [-0.2, -0.15) is 0 Å². The molecule has 6 nitrogen and oxygen atoms in total. The SMILES string of the molecule is CSc1ccccc1NC(=O)CN(C)[C@H](C)C(=O)Nc1ccccc1C(=O)c1ccccc1. The predicted octanol–water partition coefficient (Wildman–Crippen LogP) is 4.54. The molecule has 0 saturated carbocycles. The van der Waals surface area contributed by atoms with Gasteiger partial charge >= 0.3 is 0 Å². The van der Waals surface area contributed by atoms with Crippen molar-refractivity contribution in [2.45, 2.75) is 17.9 Å². The molecule has 0 spiro atoms. The normalized spacial score (nSPS) is 11.6. The molecule has 1 atom stereocenters. The predicted molar refractivity (Wildman–Crippen MR) is 134 cm³/mol. The van der Waals surface area contributed by atoms with Crippen LogP contribution >= 0.6 is 11.8 Å². The fourth-order valence-corrected chi connectivity index (χ4v) is 3.83. The monoisotopic (exact) mass is 461 g/mol. The summed E-state index contributed by atoms with van der Waals surface area (Å²) in [6.45, 7) is 1.77. The van der Waals surface area contributed by atoms with Crippen molar-refractivity contribution in [3.63, 3.8) is 0 Å². The van der Waals surface area contributed by atoms with Crippen LogP contribution in [0.15, 0.2) is 83.8 Å². The van der Waals surface area contributed by atoms with E-state index in [2.05, 4.69) is 10.6 Å². The number of carbonyl (C=O) groups excluding carboxylic acids is 3. The molecule has 33 heavy (non-hydrogen) atoms. The minimum absolute atomic E-state index is 0.0435. The van der Waals surface area contributed by atoms with Crippen molar-refractivity contribution in [1.29, 1.82) is 0 Å². The topological polar surface area (TPSA) is 78.5 Å². The van der Waals surface area contributed by atoms with Crippen molar-refractivity contribution in [2.75, 3.05) is 30.5 Å². The number of carbonyl (C=O) groups is 3. The third-order valence-electron chi connectivity index (χ3n) is 5.28. The largest absolute Gasteiger partial charge is 0.324 e. The standard InChI is InChI=1S/C26H27N3O3S/c1-18(29(2)17-24(30)27-22-15-9-10-16-23(22)33-3)26(32)28-21-14-8-7-13-20(21)25(31)19-11-5-4-6-12-19/h4-16,18H,17H2,1-3H3,(H,27,30)(H,28,32)/t18-/m1/s1. The van der Waals surface area contributed by atoms with Gasteiger partial charge in [-0.15, -0.1) is 11.8 Å². The fraction of sp³-hybridized carbons (Fsp3) is 0.192. The Morgan fingerprint density at radius 3 is 2.15 bits per heavy atom. The first kappa shape index (κ1) is 24.2. The van der Waals surface area contributed by atoms with Gasteiger partial charge in [0.25, 0.3) is 0 Å². The van der Waals surface area contributed by atoms with Crippen LogP contribution in [-0.4, -0.2) is 48.4 Å². The number of thioether (sulfide) groups is 1. The van der Waals surface area contributed by atoms with Crippen molar-refractivity contribution in [2.24, 2.45) is 0 Å². The van der Waals surface area contributed by atoms with E-state index in [4.69, 9.17) is 0 Å². The van der Waals surface area contributed by atoms with Crippen molar-refractivity contribution in [3.05, 3.63) is 90.0 Å². The number of benzene rings is 3. The number of hydrogen-bond acceptors (Lipinski definition) is 5. The van der Waals surface area contributed by atoms with Gasteiger partial charge in [-0.1, -0.05) is 54.6 Å². The number of para-hydroxylation sites is 2. The summed E-state index contributed by atoms with van der Waals surface area (Å²) in [5.41, 5.74) is 2.15. The molecule has 3 aromatic carbocycles. The zero-order chi connectivity index (χ0) is 23.8. The lowest BCUT2D eigenvalue weighted by Gasteiger charge is -2.24. The first-order valence-electron chi connectivity index (χ1n) is 10.5. The van der Waals surface area contributed by atoms with Crippen LogP contribution in [0.2, 0.25) is 0 Å². The van der Waals surface area contributed by atoms with E-state index in [0.29, 0.717) is 16.8 Å². The number of anilines is 2. The zero-order valence-electron chi connectivity index (χ0n) is 18.9. The third-order valence-corrected chi connectivity index (χ3v) is 6.08. The number of hydrogen-bond donors (Lipinski definition) is 2. The van der Waals surface area contributed by atoms with Crippen molar-refractivity contribution in [3.8, 4) is 0 Å². The van der Waals surface area contributed by atoms with Gasteiger partial charge in [0.15, 0.2) is 5.78 Å². The summed E-state index contributed by atoms with van der Waals surface area (Å²) < 4.78 is 0. The highest BCUT2D eigenvalue weighted by Crippen LogP contribution is 2.24. The summed E-state index contributed by atoms with van der Waals surface area (Å²) in [5.74, 6) is -0.680. The van der Waals surface area contributed by atoms with Gasteiger partial charge in [0, 0.05) is 16.0 Å². The van der Waals surface area contributed by atoms with Crippen LogP contribution in [0, 0.1) is 0 Å². The van der Waals surface area contributed by atoms with Crippen LogP contribution in [-0.2, 0) is 9.59 Å². The number of nitrogens with one attached hydrogen (secondary N) is 2. The molecule has 0 fully saturated rings. The fourth-order valence-electron chi connectivity index (χ4n) is 3.27. The van der Waals surface area contributed by atoms with E-state index in [0.717, 1.165) is 10.6 Å². The molecule has 2 amide bonds. The molecule has 0 bridgehead atoms. The summed E-state index contributed by atoms with van der Waals surface area (Å²) in [5, 5.41) is 5.75. The van der Waals surface area contributed by atoms with Crippen molar-refractivity contribution in [1.82, 2.24) is 4.90 Å². The molecule has 0 aliphatic heterocycles. The van der Waals surface area contributed by atoms with Gasteiger partial charge in [-0.3, -0.25) is 19.3 Å². The molecule has 170 valence electrons. The molecule has 0 saturated heterocycles. The molecule has 0 unspecified atom stereocenters. The maximum atomic E-state index is 12.9. The van der Waals surface area contributed by atoms with Gasteiger partial charge in [0.2, 0.25) is 11.8 Å². The lowest BCUT2D eigenvalue weighted by Crippen LogP contribution is -2.43. The number of nitrogens with zero attached hydrogens (tertiary/aromatic N) is 1. The zero-order valence-corrected chi connectivity index (χ0v) is 19.7. The Hall–Kier alpha value is -3.42. The Bertz CT molecular complexity index is 1130. The number of rotatable bonds is 9. The summed E-state index contributed by atoms with van der Waals surface area (Å²) in [7, 11) is 1.71. The maximum absolute atomic E-state index is 12.9. The Morgan fingerprint density at radius 2 is 1.45 bits per heavy atom. The average Bonchev–Trinajstić information content (AvgIpc) is 2.84. The van der Waals surface area contributed by atoms with E-state index >= 15 is 0 Å². The number of ketones is 1. The highest BCUT2D eigenvalue weighted by Gasteiger charge is 2.22. The smallest absolute Gasteiger partial charge is 0.241 e. The first-order chi connectivity index (χ1) is 15.9. The molecule has 0 heterocycles. The van der Waals surface area contributed by atoms with Crippen molar-refractivity contribution < 1.29 is 14.4 Å². The molecule has 0 aliphatic carbocycles. The molecule has 3 aromatic rings. The molecule has 0 aliphatic rings. The van der Waals surface area contributed by atoms with E-state index < -0.39 is 6.04 Å². The minimum atomic E-state index is -0.591. The first-order valence-corrected chi connectivity index (χ1v) is 11.8. The summed E-state index contributed by atoms with van der Waals surface area (Å²) in [4.78, 5) is 41.0. The Kier molecular flexibility index (Phi) is 8.40. The maximum Gasteiger partial charge on any atom is 0.241 e. The van der Waals surface area contributed by atoms with Gasteiger partial charge in [-0.05, 0) is 44.5 Å². The van der Waals surface area contributed by atoms with Crippen LogP contribution in [0.5, 0.6) is 0 Å². The summed E-state index contributed by atoms with van der Waals surface area (Å²) >= 11 is 1.55. The second kappa shape index (κ2) is 11.4. The summed E-state index contributed by atoms with van der Waals surface area (Å²) in [6, 6.07) is 22.8. The van der Waals surface area contributed by atoms with E-state index in [1.54, 1.807) is 79.2 Å². The Morgan fingerprint density at radius 1 is 0.848 bits per heavy atom. The minimum Gasteiger partial charge on any atom is -0.324 e. The highest BCUT2D eigenvalue weighted by molar-refractivity contribution is 7.98. The summed E-state index contributed by atoms with van der Waals surface area (Å²) in [6.07, 6.45) is 1.95. The third kappa shape index (κ3) is 6.31. The number of likely N-dealkylation sites (N-methyl/N-ethyl adjacent to an activating group) is 1. The molecule has 2 N–H and O–H groups in total. The molecule has 0 aromatic heterocycles. The molecule has 0 radical (unpaired) electrons. The van der Waals surface area contributed by atoms with Crippen LogP contribution < -0.4 is 10.6 Å². The lowest BCUT2D eigenvalue weighted by molar-refractivity contribution is -0.122. The van der Waals surface area contributed by atoms with E-state index in [1.807, 2.05) is 36.6 Å². The average molecular weight is 462 g/mol. The van der Waals surface area contributed by atoms with E-state index in [-0.39, 0.29) is 24.1 Å². The van der Waals surface area contributed by atoms with Crippen molar-refractivity contribution >= 4 is 40.7 Å². The van der Waals surface area contributed by atoms with Crippen LogP contribution in [0.3, 0.4) is 0 Å². The molecular weight excluding hydrogens is 434 g/mol. The molecule has 7 heteroatoms. The van der Waals surface area contributed by atoms with E-state index in [1.165, 1.54) is 0 Å². The quantitative estimate of drug-likeness (QED) is 0.361. The molecule has 3 rings (SSSR count). The highest BCUT2D eigenvalue weighted by atomic mass is 32.2. The lowest BCUT2D eigenvalue weighted by atomic mass is 10.0. The Balaban J connectivity index is 1.65. The molecular formula is C26H27N3O3S. The van der Waals surface area contributed by atoms with E-state index in [9.17, 15) is 14.4 Å². The van der Waals surface area contributed by atoms with Gasteiger partial charge in [0.1, 0.15) is 0 Å². The van der Waals surface area contributed by atoms with Crippen LogP contribution in [0.25, 0.3) is 0 Å². The second-order valence-corrected chi connectivity index (χ2v) is 8.42. The van der Waals surface area contributed by atoms with Crippen LogP contribution in [0.4, 0.5) is 11.4 Å². The van der Waals surface area contributed by atoms with Crippen LogP contribution in [0.1, 0.15) is 22.8 Å². The number of amides is 2. The second-order valence-electron chi connectivity index (χ2n) is 7.57.